The second-order valence-electron chi connectivity index (χ2n) is 4.64. The lowest BCUT2D eigenvalue weighted by atomic mass is 10.1. The lowest BCUT2D eigenvalue weighted by molar-refractivity contribution is -0.128. The summed E-state index contributed by atoms with van der Waals surface area (Å²) < 4.78 is 0. The first-order valence-electron chi connectivity index (χ1n) is 6.36. The van der Waals surface area contributed by atoms with E-state index in [-0.39, 0.29) is 18.4 Å². The van der Waals surface area contributed by atoms with E-state index in [0.29, 0.717) is 5.56 Å². The highest BCUT2D eigenvalue weighted by Crippen LogP contribution is 2.18. The highest BCUT2D eigenvalue weighted by molar-refractivity contribution is 6.07. The molecule has 110 valence electrons. The van der Waals surface area contributed by atoms with E-state index < -0.39 is 5.91 Å². The van der Waals surface area contributed by atoms with Gasteiger partial charge in [0.15, 0.2) is 0 Å². The van der Waals surface area contributed by atoms with E-state index >= 15 is 0 Å². The predicted octanol–water partition coefficient (Wildman–Crippen LogP) is 0.407. The molecule has 7 heteroatoms. The largest absolute Gasteiger partial charge is 0.360 e. The molecule has 2 rings (SSSR count). The van der Waals surface area contributed by atoms with Crippen LogP contribution in [-0.4, -0.2) is 41.2 Å². The standard InChI is InChI=1S/C14H16N4O3/c1-9(19)16-17-13(20)8-18(2)14(21)11-7-15-12-6-4-3-5-10(11)12/h3-7,15H,8H2,1-2H3,(H,16,19)(H,17,20). The molecule has 0 aliphatic carbocycles. The van der Waals surface area contributed by atoms with Gasteiger partial charge in [-0.1, -0.05) is 18.2 Å². The Morgan fingerprint density at radius 1 is 1.19 bits per heavy atom. The van der Waals surface area contributed by atoms with Crippen LogP contribution in [0, 0.1) is 0 Å². The number of carbonyl (C=O) groups excluding carboxylic acids is 3. The van der Waals surface area contributed by atoms with Gasteiger partial charge in [-0.15, -0.1) is 0 Å². The van der Waals surface area contributed by atoms with Gasteiger partial charge in [-0.05, 0) is 6.07 Å². The average molecular weight is 288 g/mol. The molecule has 0 unspecified atom stereocenters. The fourth-order valence-corrected chi connectivity index (χ4v) is 1.94. The van der Waals surface area contributed by atoms with E-state index in [1.54, 1.807) is 6.20 Å². The van der Waals surface area contributed by atoms with Crippen molar-refractivity contribution in [1.82, 2.24) is 20.7 Å². The molecule has 0 bridgehead atoms. The Morgan fingerprint density at radius 3 is 2.62 bits per heavy atom. The van der Waals surface area contributed by atoms with Crippen LogP contribution >= 0.6 is 0 Å². The van der Waals surface area contributed by atoms with Crippen molar-refractivity contribution < 1.29 is 14.4 Å². The quantitative estimate of drug-likeness (QED) is 0.714. The number of aromatic nitrogens is 1. The van der Waals surface area contributed by atoms with Crippen molar-refractivity contribution >= 4 is 28.6 Å². The number of H-pyrrole nitrogens is 1. The summed E-state index contributed by atoms with van der Waals surface area (Å²) in [6.45, 7) is 1.12. The van der Waals surface area contributed by atoms with Crippen molar-refractivity contribution in [3.8, 4) is 0 Å². The molecule has 3 N–H and O–H groups in total. The van der Waals surface area contributed by atoms with Crippen LogP contribution in [0.4, 0.5) is 0 Å². The number of rotatable bonds is 3. The summed E-state index contributed by atoms with van der Waals surface area (Å²) in [7, 11) is 1.53. The molecule has 0 fully saturated rings. The molecular weight excluding hydrogens is 272 g/mol. The van der Waals surface area contributed by atoms with E-state index in [9.17, 15) is 14.4 Å². The maximum absolute atomic E-state index is 12.3. The molecule has 1 aromatic carbocycles. The van der Waals surface area contributed by atoms with Gasteiger partial charge in [0.2, 0.25) is 5.91 Å². The highest BCUT2D eigenvalue weighted by atomic mass is 16.2. The summed E-state index contributed by atoms with van der Waals surface area (Å²) in [6, 6.07) is 7.42. The van der Waals surface area contributed by atoms with Gasteiger partial charge in [0, 0.05) is 31.1 Å². The molecular formula is C14H16N4O3. The Labute approximate surface area is 121 Å². The second-order valence-corrected chi connectivity index (χ2v) is 4.64. The number of carbonyl (C=O) groups is 3. The van der Waals surface area contributed by atoms with E-state index in [2.05, 4.69) is 15.8 Å². The number of aromatic amines is 1. The van der Waals surface area contributed by atoms with Crippen LogP contribution in [-0.2, 0) is 9.59 Å². The van der Waals surface area contributed by atoms with Crippen LogP contribution in [0.15, 0.2) is 30.5 Å². The molecule has 0 atom stereocenters. The normalized spacial score (nSPS) is 10.2. The summed E-state index contributed by atoms with van der Waals surface area (Å²) in [5.74, 6) is -1.12. The van der Waals surface area contributed by atoms with Crippen molar-refractivity contribution in [2.24, 2.45) is 0 Å². The maximum Gasteiger partial charge on any atom is 0.257 e. The SMILES string of the molecule is CC(=O)NNC(=O)CN(C)C(=O)c1c[nH]c2ccccc12. The van der Waals surface area contributed by atoms with Gasteiger partial charge >= 0.3 is 0 Å². The summed E-state index contributed by atoms with van der Waals surface area (Å²) >= 11 is 0. The highest BCUT2D eigenvalue weighted by Gasteiger charge is 2.18. The maximum atomic E-state index is 12.3. The van der Waals surface area contributed by atoms with Gasteiger partial charge in [0.05, 0.1) is 5.56 Å². The Hall–Kier alpha value is -2.83. The van der Waals surface area contributed by atoms with Crippen molar-refractivity contribution in [3.05, 3.63) is 36.0 Å². The van der Waals surface area contributed by atoms with Crippen LogP contribution in [0.3, 0.4) is 0 Å². The van der Waals surface area contributed by atoms with Gasteiger partial charge < -0.3 is 9.88 Å². The van der Waals surface area contributed by atoms with E-state index in [0.717, 1.165) is 10.9 Å². The summed E-state index contributed by atoms with van der Waals surface area (Å²) in [5, 5.41) is 0.802. The van der Waals surface area contributed by atoms with Crippen LogP contribution in [0.2, 0.25) is 0 Å². The molecule has 7 nitrogen and oxygen atoms in total. The van der Waals surface area contributed by atoms with Crippen molar-refractivity contribution in [1.29, 1.82) is 0 Å². The Bertz CT molecular complexity index is 692. The van der Waals surface area contributed by atoms with Crippen LogP contribution in [0.5, 0.6) is 0 Å². The number of hydrogen-bond acceptors (Lipinski definition) is 3. The topological polar surface area (TPSA) is 94.3 Å². The number of nitrogens with one attached hydrogen (secondary N) is 3. The van der Waals surface area contributed by atoms with Gasteiger partial charge in [-0.3, -0.25) is 25.2 Å². The number of benzene rings is 1. The number of nitrogens with zero attached hydrogens (tertiary/aromatic N) is 1. The molecule has 1 aromatic heterocycles. The Kier molecular flexibility index (Phi) is 4.22. The zero-order chi connectivity index (χ0) is 15.4. The summed E-state index contributed by atoms with van der Waals surface area (Å²) in [4.78, 5) is 38.9. The lowest BCUT2D eigenvalue weighted by Crippen LogP contribution is -2.46. The number of fused-ring (bicyclic) bond motifs is 1. The Morgan fingerprint density at radius 2 is 1.90 bits per heavy atom. The smallest absolute Gasteiger partial charge is 0.257 e. The Balaban J connectivity index is 2.05. The molecule has 3 amide bonds. The van der Waals surface area contributed by atoms with Gasteiger partial charge in [0.1, 0.15) is 6.54 Å². The van der Waals surface area contributed by atoms with Gasteiger partial charge in [-0.25, -0.2) is 0 Å². The minimum Gasteiger partial charge on any atom is -0.360 e. The average Bonchev–Trinajstić information content (AvgIpc) is 2.88. The molecule has 0 saturated carbocycles. The fraction of sp³-hybridized carbons (Fsp3) is 0.214. The zero-order valence-corrected chi connectivity index (χ0v) is 11.8. The third kappa shape index (κ3) is 3.38. The van der Waals surface area contributed by atoms with Crippen LogP contribution < -0.4 is 10.9 Å². The minimum atomic E-state index is -0.471. The number of likely N-dealkylation sites (N-methyl/N-ethyl adjacent to an activating group) is 1. The number of hydrazine groups is 1. The van der Waals surface area contributed by atoms with Crippen molar-refractivity contribution in [2.45, 2.75) is 6.92 Å². The third-order valence-electron chi connectivity index (χ3n) is 2.93. The lowest BCUT2D eigenvalue weighted by Gasteiger charge is -2.16. The number of amides is 3. The molecule has 0 saturated heterocycles. The van der Waals surface area contributed by atoms with Crippen LogP contribution in [0.1, 0.15) is 17.3 Å². The van der Waals surface area contributed by atoms with Gasteiger partial charge in [0.25, 0.3) is 11.8 Å². The summed E-state index contributed by atoms with van der Waals surface area (Å²) in [6.07, 6.45) is 1.62. The molecule has 0 spiro atoms. The van der Waals surface area contributed by atoms with Crippen LogP contribution in [0.25, 0.3) is 10.9 Å². The molecule has 21 heavy (non-hydrogen) atoms. The van der Waals surface area contributed by atoms with Crippen molar-refractivity contribution in [3.63, 3.8) is 0 Å². The molecule has 2 aromatic rings. The minimum absolute atomic E-state index is 0.154. The first kappa shape index (κ1) is 14.6. The van der Waals surface area contributed by atoms with Gasteiger partial charge in [-0.2, -0.15) is 0 Å². The van der Waals surface area contributed by atoms with Crippen molar-refractivity contribution in [2.75, 3.05) is 13.6 Å². The predicted molar refractivity (Wildman–Crippen MR) is 77.2 cm³/mol. The van der Waals surface area contributed by atoms with E-state index in [1.165, 1.54) is 18.9 Å². The molecule has 0 radical (unpaired) electrons. The zero-order valence-electron chi connectivity index (χ0n) is 11.8. The fourth-order valence-electron chi connectivity index (χ4n) is 1.94. The molecule has 0 aliphatic rings. The monoisotopic (exact) mass is 288 g/mol. The number of hydrogen-bond donors (Lipinski definition) is 3. The summed E-state index contributed by atoms with van der Waals surface area (Å²) in [5.41, 5.74) is 5.74. The van der Waals surface area contributed by atoms with E-state index in [4.69, 9.17) is 0 Å². The molecule has 0 aliphatic heterocycles. The molecule has 1 heterocycles. The first-order valence-corrected chi connectivity index (χ1v) is 6.36. The second kappa shape index (κ2) is 6.08. The first-order chi connectivity index (χ1) is 9.99. The third-order valence-corrected chi connectivity index (χ3v) is 2.93. The number of para-hydroxylation sites is 1. The van der Waals surface area contributed by atoms with E-state index in [1.807, 2.05) is 24.3 Å².